The summed E-state index contributed by atoms with van der Waals surface area (Å²) >= 11 is 3.51. The van der Waals surface area contributed by atoms with Gasteiger partial charge in [-0.2, -0.15) is 0 Å². The first-order valence-electron chi connectivity index (χ1n) is 5.90. The number of rotatable bonds is 2. The Kier molecular flexibility index (Phi) is 3.03. The van der Waals surface area contributed by atoms with Crippen LogP contribution in [0.2, 0.25) is 0 Å². The zero-order chi connectivity index (χ0) is 13.4. The summed E-state index contributed by atoms with van der Waals surface area (Å²) in [6, 6.07) is 9.96. The highest BCUT2D eigenvalue weighted by Gasteiger charge is 2.11. The largest absolute Gasteiger partial charge is 0.497 e. The molecule has 0 atom stereocenters. The zero-order valence-corrected chi connectivity index (χ0v) is 12.3. The van der Waals surface area contributed by atoms with Crippen LogP contribution in [0, 0.1) is 0 Å². The van der Waals surface area contributed by atoms with Crippen LogP contribution in [-0.2, 0) is 7.05 Å². The average Bonchev–Trinajstić information content (AvgIpc) is 2.84. The molecule has 2 aromatic heterocycles. The average molecular weight is 319 g/mol. The van der Waals surface area contributed by atoms with Crippen molar-refractivity contribution in [2.45, 2.75) is 0 Å². The number of methoxy groups -OCH3 is 1. The molecule has 3 nitrogen and oxygen atoms in total. The Morgan fingerprint density at radius 2 is 1.89 bits per heavy atom. The summed E-state index contributed by atoms with van der Waals surface area (Å²) in [5.41, 5.74) is 1.89. The van der Waals surface area contributed by atoms with E-state index in [1.165, 1.54) is 0 Å². The molecule has 0 bridgehead atoms. The first-order chi connectivity index (χ1) is 9.17. The van der Waals surface area contributed by atoms with Crippen LogP contribution in [0.25, 0.3) is 22.3 Å². The van der Waals surface area contributed by atoms with Gasteiger partial charge in [-0.25, -0.2) is 4.57 Å². The normalized spacial score (nSPS) is 10.9. The van der Waals surface area contributed by atoms with Gasteiger partial charge in [0.2, 0.25) is 0 Å². The van der Waals surface area contributed by atoms with Crippen LogP contribution in [0.15, 0.2) is 51.6 Å². The molecule has 4 heteroatoms. The summed E-state index contributed by atoms with van der Waals surface area (Å²) in [7, 11) is 3.65. The van der Waals surface area contributed by atoms with Gasteiger partial charge in [-0.15, -0.1) is 0 Å². The van der Waals surface area contributed by atoms with Crippen LogP contribution in [0.5, 0.6) is 5.75 Å². The molecular formula is C15H13BrNO2+. The molecular weight excluding hydrogens is 306 g/mol. The fraction of sp³-hybridized carbons (Fsp3) is 0.133. The number of aromatic nitrogens is 1. The third-order valence-electron chi connectivity index (χ3n) is 3.04. The number of furan rings is 1. The van der Waals surface area contributed by atoms with Crippen molar-refractivity contribution in [1.82, 2.24) is 0 Å². The summed E-state index contributed by atoms with van der Waals surface area (Å²) in [6.07, 6.45) is 4.00. The molecule has 3 rings (SSSR count). The fourth-order valence-electron chi connectivity index (χ4n) is 2.01. The molecule has 0 aliphatic rings. The maximum atomic E-state index is 5.91. The predicted molar refractivity (Wildman–Crippen MR) is 77.1 cm³/mol. The lowest BCUT2D eigenvalue weighted by atomic mass is 10.2. The number of aryl methyl sites for hydroxylation is 1. The lowest BCUT2D eigenvalue weighted by Crippen LogP contribution is -2.25. The van der Waals surface area contributed by atoms with Crippen molar-refractivity contribution in [1.29, 1.82) is 0 Å². The number of pyridine rings is 1. The minimum absolute atomic E-state index is 0.811. The van der Waals surface area contributed by atoms with Gasteiger partial charge in [-0.05, 0) is 34.1 Å². The Hall–Kier alpha value is -1.81. The number of nitrogens with zero attached hydrogens (tertiary/aromatic N) is 1. The van der Waals surface area contributed by atoms with Crippen LogP contribution in [0.3, 0.4) is 0 Å². The minimum Gasteiger partial charge on any atom is -0.497 e. The van der Waals surface area contributed by atoms with Gasteiger partial charge < -0.3 is 9.15 Å². The number of hydrogen-bond acceptors (Lipinski definition) is 2. The van der Waals surface area contributed by atoms with Crippen LogP contribution in [0.1, 0.15) is 0 Å². The number of hydrogen-bond donors (Lipinski definition) is 0. The Balaban J connectivity index is 2.16. The number of fused-ring (bicyclic) bond motifs is 1. The van der Waals surface area contributed by atoms with E-state index in [1.807, 2.05) is 54.3 Å². The summed E-state index contributed by atoms with van der Waals surface area (Å²) in [4.78, 5) is 0. The molecule has 0 radical (unpaired) electrons. The Labute approximate surface area is 119 Å². The molecule has 3 aromatic rings. The van der Waals surface area contributed by atoms with Crippen molar-refractivity contribution >= 4 is 26.9 Å². The Morgan fingerprint density at radius 1 is 1.16 bits per heavy atom. The third-order valence-corrected chi connectivity index (χ3v) is 3.63. The molecule has 19 heavy (non-hydrogen) atoms. The van der Waals surface area contributed by atoms with E-state index in [9.17, 15) is 0 Å². The Morgan fingerprint density at radius 3 is 2.58 bits per heavy atom. The smallest absolute Gasteiger partial charge is 0.169 e. The van der Waals surface area contributed by atoms with Crippen molar-refractivity contribution < 1.29 is 13.7 Å². The number of ether oxygens (including phenoxy) is 1. The quantitative estimate of drug-likeness (QED) is 0.673. The lowest BCUT2D eigenvalue weighted by molar-refractivity contribution is -0.671. The minimum atomic E-state index is 0.811. The molecule has 0 unspecified atom stereocenters. The molecule has 0 N–H and O–H groups in total. The number of benzene rings is 1. The van der Waals surface area contributed by atoms with Gasteiger partial charge >= 0.3 is 0 Å². The molecule has 0 saturated heterocycles. The van der Waals surface area contributed by atoms with E-state index in [0.29, 0.717) is 0 Å². The topological polar surface area (TPSA) is 26.2 Å². The van der Waals surface area contributed by atoms with Crippen molar-refractivity contribution in [3.8, 4) is 17.1 Å². The van der Waals surface area contributed by atoms with E-state index in [-0.39, 0.29) is 0 Å². The monoisotopic (exact) mass is 318 g/mol. The first kappa shape index (κ1) is 12.2. The summed E-state index contributed by atoms with van der Waals surface area (Å²) in [5, 5.41) is 1.02. The van der Waals surface area contributed by atoms with Gasteiger partial charge in [-0.1, -0.05) is 0 Å². The summed E-state index contributed by atoms with van der Waals surface area (Å²) < 4.78 is 14.1. The molecule has 0 aliphatic carbocycles. The summed E-state index contributed by atoms with van der Waals surface area (Å²) in [5.74, 6) is 1.66. The van der Waals surface area contributed by atoms with Crippen molar-refractivity contribution in [2.24, 2.45) is 7.05 Å². The van der Waals surface area contributed by atoms with Gasteiger partial charge in [0.05, 0.1) is 11.6 Å². The lowest BCUT2D eigenvalue weighted by Gasteiger charge is -1.99. The SMILES string of the molecule is COc1cc(Br)c2oc(-c3cc[n+](C)cc3)cc2c1. The van der Waals surface area contributed by atoms with Crippen LogP contribution in [-0.4, -0.2) is 7.11 Å². The second kappa shape index (κ2) is 4.70. The maximum Gasteiger partial charge on any atom is 0.169 e. The molecule has 0 aliphatic heterocycles. The molecule has 96 valence electrons. The van der Waals surface area contributed by atoms with Crippen LogP contribution in [0.4, 0.5) is 0 Å². The molecule has 2 heterocycles. The first-order valence-corrected chi connectivity index (χ1v) is 6.69. The van der Waals surface area contributed by atoms with E-state index in [0.717, 1.165) is 32.5 Å². The highest BCUT2D eigenvalue weighted by atomic mass is 79.9. The molecule has 0 amide bonds. The van der Waals surface area contributed by atoms with Crippen molar-refractivity contribution in [3.63, 3.8) is 0 Å². The highest BCUT2D eigenvalue weighted by Crippen LogP contribution is 2.35. The molecule has 0 fully saturated rings. The molecule has 1 aromatic carbocycles. The van der Waals surface area contributed by atoms with Gasteiger partial charge in [0.15, 0.2) is 12.4 Å². The third kappa shape index (κ3) is 2.24. The van der Waals surface area contributed by atoms with E-state index < -0.39 is 0 Å². The predicted octanol–water partition coefficient (Wildman–Crippen LogP) is 3.70. The fourth-order valence-corrected chi connectivity index (χ4v) is 2.55. The van der Waals surface area contributed by atoms with E-state index in [2.05, 4.69) is 15.9 Å². The Bertz CT molecular complexity index is 732. The van der Waals surface area contributed by atoms with Crippen LogP contribution < -0.4 is 9.30 Å². The van der Waals surface area contributed by atoms with Gasteiger partial charge in [-0.3, -0.25) is 0 Å². The number of halogens is 1. The van der Waals surface area contributed by atoms with E-state index in [4.69, 9.17) is 9.15 Å². The second-order valence-corrected chi connectivity index (χ2v) is 5.24. The maximum absolute atomic E-state index is 5.91. The molecule has 0 saturated carbocycles. The highest BCUT2D eigenvalue weighted by molar-refractivity contribution is 9.10. The van der Waals surface area contributed by atoms with Crippen LogP contribution >= 0.6 is 15.9 Å². The van der Waals surface area contributed by atoms with Gasteiger partial charge in [0, 0.05) is 23.1 Å². The molecule has 0 spiro atoms. The second-order valence-electron chi connectivity index (χ2n) is 4.39. The van der Waals surface area contributed by atoms with E-state index in [1.54, 1.807) is 7.11 Å². The standard InChI is InChI=1S/C15H13BrNO2/c1-17-5-3-10(4-6-17)14-8-11-7-12(18-2)9-13(16)15(11)19-14/h3-9H,1-2H3/q+1. The van der Waals surface area contributed by atoms with Crippen molar-refractivity contribution in [3.05, 3.63) is 47.2 Å². The van der Waals surface area contributed by atoms with Crippen molar-refractivity contribution in [2.75, 3.05) is 7.11 Å². The summed E-state index contributed by atoms with van der Waals surface area (Å²) in [6.45, 7) is 0. The zero-order valence-electron chi connectivity index (χ0n) is 10.7. The van der Waals surface area contributed by atoms with E-state index >= 15 is 0 Å². The van der Waals surface area contributed by atoms with Gasteiger partial charge in [0.25, 0.3) is 0 Å². The van der Waals surface area contributed by atoms with Gasteiger partial charge in [0.1, 0.15) is 24.1 Å².